The molecule has 0 heterocycles. The van der Waals surface area contributed by atoms with Gasteiger partial charge in [-0.2, -0.15) is 0 Å². The second-order valence-corrected chi connectivity index (χ2v) is 4.57. The molecule has 0 radical (unpaired) electrons. The largest absolute Gasteiger partial charge is 0.352 e. The second-order valence-electron chi connectivity index (χ2n) is 4.57. The summed E-state index contributed by atoms with van der Waals surface area (Å²) < 4.78 is 13.7. The van der Waals surface area contributed by atoms with Crippen molar-refractivity contribution in [1.82, 2.24) is 10.2 Å². The molecule has 0 spiro atoms. The van der Waals surface area contributed by atoms with Crippen LogP contribution in [0.2, 0.25) is 0 Å². The van der Waals surface area contributed by atoms with E-state index in [1.807, 2.05) is 0 Å². The number of halogens is 1. The second kappa shape index (κ2) is 7.89. The number of hydrogen-bond donors (Lipinski definition) is 1. The SMILES string of the molecule is CCN(CC)CCCNC(=O)c1cccc(C)c1F. The first kappa shape index (κ1) is 15.6. The fraction of sp³-hybridized carbons (Fsp3) is 0.533. The van der Waals surface area contributed by atoms with E-state index in [-0.39, 0.29) is 11.5 Å². The third-order valence-corrected chi connectivity index (χ3v) is 3.27. The first-order valence-corrected chi connectivity index (χ1v) is 6.85. The summed E-state index contributed by atoms with van der Waals surface area (Å²) in [5, 5.41) is 2.76. The number of nitrogens with zero attached hydrogens (tertiary/aromatic N) is 1. The highest BCUT2D eigenvalue weighted by Crippen LogP contribution is 2.11. The average Bonchev–Trinajstić information content (AvgIpc) is 2.42. The van der Waals surface area contributed by atoms with E-state index in [1.54, 1.807) is 19.1 Å². The Bertz CT molecular complexity index is 417. The molecule has 0 aliphatic rings. The molecule has 3 nitrogen and oxygen atoms in total. The predicted octanol–water partition coefficient (Wildman–Crippen LogP) is 2.60. The van der Waals surface area contributed by atoms with Gasteiger partial charge in [0, 0.05) is 6.54 Å². The minimum Gasteiger partial charge on any atom is -0.352 e. The molecule has 1 rings (SSSR count). The van der Waals surface area contributed by atoms with Crippen LogP contribution in [0.1, 0.15) is 36.2 Å². The third-order valence-electron chi connectivity index (χ3n) is 3.27. The molecule has 1 amide bonds. The van der Waals surface area contributed by atoms with Gasteiger partial charge >= 0.3 is 0 Å². The maximum atomic E-state index is 13.7. The van der Waals surface area contributed by atoms with E-state index in [9.17, 15) is 9.18 Å². The number of aryl methyl sites for hydroxylation is 1. The van der Waals surface area contributed by atoms with E-state index in [4.69, 9.17) is 0 Å². The standard InChI is InChI=1S/C15H23FN2O/c1-4-18(5-2)11-7-10-17-15(19)13-9-6-8-12(3)14(13)16/h6,8-9H,4-5,7,10-11H2,1-3H3,(H,17,19). The Morgan fingerprint density at radius 2 is 2.00 bits per heavy atom. The quantitative estimate of drug-likeness (QED) is 0.769. The molecular formula is C15H23FN2O. The van der Waals surface area contributed by atoms with Gasteiger partial charge in [-0.25, -0.2) is 4.39 Å². The Labute approximate surface area is 114 Å². The van der Waals surface area contributed by atoms with Crippen LogP contribution in [0.5, 0.6) is 0 Å². The Morgan fingerprint density at radius 1 is 1.32 bits per heavy atom. The molecule has 0 aromatic heterocycles. The van der Waals surface area contributed by atoms with Gasteiger partial charge in [0.15, 0.2) is 0 Å². The molecule has 1 aromatic carbocycles. The molecule has 0 bridgehead atoms. The van der Waals surface area contributed by atoms with Crippen molar-refractivity contribution in [3.8, 4) is 0 Å². The molecule has 0 fully saturated rings. The highest BCUT2D eigenvalue weighted by atomic mass is 19.1. The molecular weight excluding hydrogens is 243 g/mol. The van der Waals surface area contributed by atoms with Crippen LogP contribution in [0.25, 0.3) is 0 Å². The van der Waals surface area contributed by atoms with Crippen LogP contribution in [0.15, 0.2) is 18.2 Å². The fourth-order valence-electron chi connectivity index (χ4n) is 1.96. The van der Waals surface area contributed by atoms with Gasteiger partial charge in [0.2, 0.25) is 0 Å². The molecule has 0 unspecified atom stereocenters. The van der Waals surface area contributed by atoms with Crippen molar-refractivity contribution in [2.24, 2.45) is 0 Å². The monoisotopic (exact) mass is 266 g/mol. The predicted molar refractivity (Wildman–Crippen MR) is 75.9 cm³/mol. The van der Waals surface area contributed by atoms with Crippen molar-refractivity contribution in [3.63, 3.8) is 0 Å². The van der Waals surface area contributed by atoms with Crippen molar-refractivity contribution in [2.75, 3.05) is 26.2 Å². The zero-order valence-corrected chi connectivity index (χ0v) is 12.0. The normalized spacial score (nSPS) is 10.8. The van der Waals surface area contributed by atoms with Crippen molar-refractivity contribution < 1.29 is 9.18 Å². The van der Waals surface area contributed by atoms with E-state index < -0.39 is 5.82 Å². The van der Waals surface area contributed by atoms with Crippen molar-refractivity contribution in [3.05, 3.63) is 35.1 Å². The van der Waals surface area contributed by atoms with E-state index in [0.717, 1.165) is 26.1 Å². The van der Waals surface area contributed by atoms with Crippen LogP contribution in [0.3, 0.4) is 0 Å². The third kappa shape index (κ3) is 4.63. The Balaban J connectivity index is 2.41. The molecule has 1 aromatic rings. The molecule has 0 aliphatic carbocycles. The summed E-state index contributed by atoms with van der Waals surface area (Å²) in [7, 11) is 0. The number of amides is 1. The van der Waals surface area contributed by atoms with Gasteiger partial charge in [-0.3, -0.25) is 4.79 Å². The topological polar surface area (TPSA) is 32.3 Å². The lowest BCUT2D eigenvalue weighted by atomic mass is 10.1. The molecule has 0 atom stereocenters. The van der Waals surface area contributed by atoms with E-state index >= 15 is 0 Å². The van der Waals surface area contributed by atoms with Crippen LogP contribution in [-0.2, 0) is 0 Å². The van der Waals surface area contributed by atoms with Crippen LogP contribution in [0, 0.1) is 12.7 Å². The van der Waals surface area contributed by atoms with Crippen LogP contribution in [-0.4, -0.2) is 37.0 Å². The summed E-state index contributed by atoms with van der Waals surface area (Å²) in [5.41, 5.74) is 0.624. The van der Waals surface area contributed by atoms with Crippen molar-refractivity contribution in [2.45, 2.75) is 27.2 Å². The first-order valence-electron chi connectivity index (χ1n) is 6.85. The molecule has 0 saturated heterocycles. The summed E-state index contributed by atoms with van der Waals surface area (Å²) in [5.74, 6) is -0.760. The van der Waals surface area contributed by atoms with Crippen LogP contribution >= 0.6 is 0 Å². The van der Waals surface area contributed by atoms with Gasteiger partial charge in [-0.05, 0) is 44.6 Å². The Hall–Kier alpha value is -1.42. The van der Waals surface area contributed by atoms with Gasteiger partial charge in [0.25, 0.3) is 5.91 Å². The Kier molecular flexibility index (Phi) is 6.50. The van der Waals surface area contributed by atoms with Gasteiger partial charge in [-0.15, -0.1) is 0 Å². The number of benzene rings is 1. The maximum Gasteiger partial charge on any atom is 0.254 e. The Morgan fingerprint density at radius 3 is 2.63 bits per heavy atom. The molecule has 1 N–H and O–H groups in total. The molecule has 106 valence electrons. The van der Waals surface area contributed by atoms with Gasteiger partial charge in [-0.1, -0.05) is 26.0 Å². The first-order chi connectivity index (χ1) is 9.10. The highest BCUT2D eigenvalue weighted by Gasteiger charge is 2.12. The summed E-state index contributed by atoms with van der Waals surface area (Å²) in [6.07, 6.45) is 0.876. The maximum absolute atomic E-state index is 13.7. The van der Waals surface area contributed by atoms with Gasteiger partial charge in [0.05, 0.1) is 5.56 Å². The van der Waals surface area contributed by atoms with E-state index in [1.165, 1.54) is 6.07 Å². The molecule has 19 heavy (non-hydrogen) atoms. The minimum atomic E-state index is -0.427. The lowest BCUT2D eigenvalue weighted by Gasteiger charge is -2.17. The zero-order valence-electron chi connectivity index (χ0n) is 12.0. The van der Waals surface area contributed by atoms with Crippen molar-refractivity contribution >= 4 is 5.91 Å². The van der Waals surface area contributed by atoms with Crippen molar-refractivity contribution in [1.29, 1.82) is 0 Å². The summed E-state index contributed by atoms with van der Waals surface area (Å²) in [6.45, 7) is 9.43. The summed E-state index contributed by atoms with van der Waals surface area (Å²) >= 11 is 0. The number of carbonyl (C=O) groups excluding carboxylic acids is 1. The number of rotatable bonds is 7. The summed E-state index contributed by atoms with van der Waals surface area (Å²) in [6, 6.07) is 4.87. The number of nitrogens with one attached hydrogen (secondary N) is 1. The van der Waals surface area contributed by atoms with Crippen LogP contribution < -0.4 is 5.32 Å². The highest BCUT2D eigenvalue weighted by molar-refractivity contribution is 5.94. The summed E-state index contributed by atoms with van der Waals surface area (Å²) in [4.78, 5) is 14.1. The number of hydrogen-bond acceptors (Lipinski definition) is 2. The van der Waals surface area contributed by atoms with E-state index in [0.29, 0.717) is 12.1 Å². The minimum absolute atomic E-state index is 0.128. The smallest absolute Gasteiger partial charge is 0.254 e. The molecule has 4 heteroatoms. The average molecular weight is 266 g/mol. The lowest BCUT2D eigenvalue weighted by Crippen LogP contribution is -2.30. The molecule has 0 aliphatic heterocycles. The molecule has 0 saturated carbocycles. The lowest BCUT2D eigenvalue weighted by molar-refractivity contribution is 0.0947. The van der Waals surface area contributed by atoms with Gasteiger partial charge in [0.1, 0.15) is 5.82 Å². The van der Waals surface area contributed by atoms with Gasteiger partial charge < -0.3 is 10.2 Å². The number of carbonyl (C=O) groups is 1. The van der Waals surface area contributed by atoms with E-state index in [2.05, 4.69) is 24.1 Å². The zero-order chi connectivity index (χ0) is 14.3. The van der Waals surface area contributed by atoms with Crippen LogP contribution in [0.4, 0.5) is 4.39 Å². The fourth-order valence-corrected chi connectivity index (χ4v) is 1.96.